The van der Waals surface area contributed by atoms with Gasteiger partial charge in [-0.2, -0.15) is 0 Å². The zero-order chi connectivity index (χ0) is 29.1. The Morgan fingerprint density at radius 2 is 1.67 bits per heavy atom. The van der Waals surface area contributed by atoms with Gasteiger partial charge in [-0.3, -0.25) is 28.3 Å². The van der Waals surface area contributed by atoms with Gasteiger partial charge in [-0.25, -0.2) is 0 Å². The molecule has 0 radical (unpaired) electrons. The average molecular weight is 573 g/mol. The summed E-state index contributed by atoms with van der Waals surface area (Å²) in [5.41, 5.74) is -1.88. The van der Waals surface area contributed by atoms with Gasteiger partial charge in [0.25, 0.3) is 10.9 Å². The van der Waals surface area contributed by atoms with Crippen LogP contribution in [0.15, 0.2) is 9.59 Å². The Morgan fingerprint density at radius 1 is 1.03 bits per heavy atom. The van der Waals surface area contributed by atoms with E-state index in [0.29, 0.717) is 58.0 Å². The van der Waals surface area contributed by atoms with Gasteiger partial charge in [-0.1, -0.05) is 53.4 Å². The number of nitrogens with zero attached hydrogens (tertiary/aromatic N) is 1. The monoisotopic (exact) mass is 572 g/mol. The van der Waals surface area contributed by atoms with Crippen LogP contribution in [0.3, 0.4) is 0 Å². The molecule has 0 amide bonds. The lowest BCUT2D eigenvalue weighted by Crippen LogP contribution is -2.42. The average Bonchev–Trinajstić information content (AvgIpc) is 3.10. The molecule has 0 bridgehead atoms. The third-order valence-electron chi connectivity index (χ3n) is 7.26. The summed E-state index contributed by atoms with van der Waals surface area (Å²) in [5.74, 6) is -1.75. The van der Waals surface area contributed by atoms with Crippen LogP contribution in [0.2, 0.25) is 0 Å². The molecule has 0 spiro atoms. The third kappa shape index (κ3) is 8.63. The summed E-state index contributed by atoms with van der Waals surface area (Å²) >= 11 is 0. The highest BCUT2D eigenvalue weighted by Gasteiger charge is 2.41. The number of carbonyl (C=O) groups is 2. The minimum absolute atomic E-state index is 0.0840. The van der Waals surface area contributed by atoms with Gasteiger partial charge in [0.15, 0.2) is 0 Å². The molecular weight excluding hydrogens is 527 g/mol. The maximum atomic E-state index is 13.9. The normalized spacial score (nSPS) is 15.5. The SMILES string of the molecule is CCCC(CCC)C(=O)OCOP(=O)(CCN1CCCNc2c1c(=O)c2=O)OCC(CCC)(CCC)C(=O)O. The van der Waals surface area contributed by atoms with Crippen molar-refractivity contribution in [1.82, 2.24) is 0 Å². The van der Waals surface area contributed by atoms with Crippen molar-refractivity contribution < 1.29 is 33.0 Å². The van der Waals surface area contributed by atoms with Crippen molar-refractivity contribution >= 4 is 30.9 Å². The lowest BCUT2D eigenvalue weighted by Gasteiger charge is -2.31. The number of carboxylic acid groups (broad SMARTS) is 1. The van der Waals surface area contributed by atoms with Crippen LogP contribution in [0, 0.1) is 11.3 Å². The maximum absolute atomic E-state index is 13.9. The van der Waals surface area contributed by atoms with Crippen molar-refractivity contribution in [2.45, 2.75) is 85.5 Å². The highest BCUT2D eigenvalue weighted by molar-refractivity contribution is 7.53. The first-order chi connectivity index (χ1) is 18.6. The van der Waals surface area contributed by atoms with E-state index in [2.05, 4.69) is 5.32 Å². The number of ether oxygens (including phenoxy) is 1. The fourth-order valence-electron chi connectivity index (χ4n) is 5.16. The Balaban J connectivity index is 2.20. The summed E-state index contributed by atoms with van der Waals surface area (Å²) in [6, 6.07) is 0. The number of rotatable bonds is 19. The highest BCUT2D eigenvalue weighted by Crippen LogP contribution is 2.50. The second kappa shape index (κ2) is 15.5. The third-order valence-corrected chi connectivity index (χ3v) is 9.03. The van der Waals surface area contributed by atoms with Gasteiger partial charge in [0.05, 0.1) is 24.1 Å². The van der Waals surface area contributed by atoms with Gasteiger partial charge in [-0.05, 0) is 32.1 Å². The van der Waals surface area contributed by atoms with Crippen molar-refractivity contribution in [2.24, 2.45) is 11.3 Å². The molecule has 11 nitrogen and oxygen atoms in total. The number of esters is 1. The lowest BCUT2D eigenvalue weighted by molar-refractivity contribution is -0.156. The first-order valence-corrected chi connectivity index (χ1v) is 15.9. The number of anilines is 2. The van der Waals surface area contributed by atoms with E-state index in [1.807, 2.05) is 27.7 Å². The number of hydrogen-bond acceptors (Lipinski definition) is 10. The molecule has 0 aliphatic carbocycles. The number of nitrogens with one attached hydrogen (secondary N) is 1. The van der Waals surface area contributed by atoms with Crippen molar-refractivity contribution in [2.75, 3.05) is 49.4 Å². The van der Waals surface area contributed by atoms with Crippen LogP contribution >= 0.6 is 7.60 Å². The minimum atomic E-state index is -3.98. The van der Waals surface area contributed by atoms with Crippen LogP contribution in [0.5, 0.6) is 0 Å². The maximum Gasteiger partial charge on any atom is 0.335 e. The topological polar surface area (TPSA) is 149 Å². The largest absolute Gasteiger partial charge is 0.481 e. The fraction of sp³-hybridized carbons (Fsp3) is 0.778. The van der Waals surface area contributed by atoms with E-state index in [4.69, 9.17) is 13.8 Å². The number of fused-ring (bicyclic) bond motifs is 1. The summed E-state index contributed by atoms with van der Waals surface area (Å²) in [6.07, 6.45) is 5.33. The molecule has 1 aromatic rings. The molecule has 1 heterocycles. The summed E-state index contributed by atoms with van der Waals surface area (Å²) in [6.45, 7) is 7.88. The molecule has 1 atom stereocenters. The molecule has 39 heavy (non-hydrogen) atoms. The summed E-state index contributed by atoms with van der Waals surface area (Å²) in [5, 5.41) is 13.0. The van der Waals surface area contributed by atoms with E-state index in [0.717, 1.165) is 12.8 Å². The molecule has 1 unspecified atom stereocenters. The van der Waals surface area contributed by atoms with Crippen LogP contribution < -0.4 is 21.1 Å². The number of carbonyl (C=O) groups excluding carboxylic acids is 1. The molecular formula is C27H45N2O9P. The van der Waals surface area contributed by atoms with E-state index in [1.54, 1.807) is 4.90 Å². The predicted molar refractivity (Wildman–Crippen MR) is 150 cm³/mol. The molecule has 0 fully saturated rings. The van der Waals surface area contributed by atoms with Crippen molar-refractivity contribution in [3.05, 3.63) is 20.4 Å². The van der Waals surface area contributed by atoms with Crippen LogP contribution in [0.1, 0.15) is 85.5 Å². The molecule has 0 saturated carbocycles. The first-order valence-electron chi connectivity index (χ1n) is 14.2. The molecule has 0 saturated heterocycles. The number of hydrogen-bond donors (Lipinski definition) is 2. The highest BCUT2D eigenvalue weighted by atomic mass is 31.2. The Hall–Kier alpha value is -2.23. The lowest BCUT2D eigenvalue weighted by atomic mass is 9.80. The molecule has 1 aliphatic rings. The molecule has 12 heteroatoms. The van der Waals surface area contributed by atoms with E-state index < -0.39 is 42.6 Å². The summed E-state index contributed by atoms with van der Waals surface area (Å²) in [4.78, 5) is 50.7. The Morgan fingerprint density at radius 3 is 2.23 bits per heavy atom. The van der Waals surface area contributed by atoms with Gasteiger partial charge in [0.2, 0.25) is 6.79 Å². The second-order valence-corrected chi connectivity index (χ2v) is 12.5. The van der Waals surface area contributed by atoms with E-state index >= 15 is 0 Å². The van der Waals surface area contributed by atoms with Crippen LogP contribution in [-0.2, 0) is 27.9 Å². The van der Waals surface area contributed by atoms with Gasteiger partial charge < -0.3 is 24.6 Å². The number of carboxylic acids is 1. The Labute approximate surface area is 230 Å². The summed E-state index contributed by atoms with van der Waals surface area (Å²) in [7, 11) is -3.98. The van der Waals surface area contributed by atoms with Gasteiger partial charge in [-0.15, -0.1) is 0 Å². The molecule has 0 aromatic heterocycles. The summed E-state index contributed by atoms with van der Waals surface area (Å²) < 4.78 is 30.6. The zero-order valence-corrected chi connectivity index (χ0v) is 24.7. The van der Waals surface area contributed by atoms with E-state index in [9.17, 15) is 28.8 Å². The van der Waals surface area contributed by atoms with E-state index in [1.165, 1.54) is 0 Å². The molecule has 1 aromatic carbocycles. The van der Waals surface area contributed by atoms with Crippen LogP contribution in [0.25, 0.3) is 0 Å². The minimum Gasteiger partial charge on any atom is -0.481 e. The quantitative estimate of drug-likeness (QED) is 0.104. The van der Waals surface area contributed by atoms with Crippen LogP contribution in [0.4, 0.5) is 11.4 Å². The predicted octanol–water partition coefficient (Wildman–Crippen LogP) is 4.52. The van der Waals surface area contributed by atoms with Crippen molar-refractivity contribution in [3.63, 3.8) is 0 Å². The van der Waals surface area contributed by atoms with Gasteiger partial charge in [0.1, 0.15) is 11.4 Å². The molecule has 2 rings (SSSR count). The van der Waals surface area contributed by atoms with Gasteiger partial charge >= 0.3 is 19.5 Å². The van der Waals surface area contributed by atoms with Gasteiger partial charge in [0, 0.05) is 19.6 Å². The zero-order valence-electron chi connectivity index (χ0n) is 23.8. The Kier molecular flexibility index (Phi) is 13.1. The molecule has 1 aliphatic heterocycles. The fourth-order valence-corrected chi connectivity index (χ4v) is 6.63. The first kappa shape index (κ1) is 33.0. The van der Waals surface area contributed by atoms with Crippen molar-refractivity contribution in [1.29, 1.82) is 0 Å². The number of aliphatic carboxylic acids is 1. The smallest absolute Gasteiger partial charge is 0.335 e. The molecule has 222 valence electrons. The van der Waals surface area contributed by atoms with E-state index in [-0.39, 0.29) is 36.6 Å². The Bertz CT molecular complexity index is 1050. The second-order valence-electron chi connectivity index (χ2n) is 10.3. The van der Waals surface area contributed by atoms with Crippen LogP contribution in [-0.4, -0.2) is 56.2 Å². The molecule has 2 N–H and O–H groups in total. The standard InChI is InChI=1S/C27H45N2O9P/c1-5-10-20(11-6-2)25(32)36-19-38-39(35,37-18-27(12-7-3,13-8-4)26(33)34)17-16-29-15-9-14-28-21-22(29)24(31)23(21)30/h20,28H,5-19H2,1-4H3,(H,33,34). The van der Waals surface area contributed by atoms with Crippen molar-refractivity contribution in [3.8, 4) is 0 Å².